The molecule has 3 aromatic rings. The van der Waals surface area contributed by atoms with Gasteiger partial charge in [-0.25, -0.2) is 18.0 Å². The minimum atomic E-state index is -2.40. The van der Waals surface area contributed by atoms with Crippen LogP contribution in [0.1, 0.15) is 57.6 Å². The zero-order valence-corrected chi connectivity index (χ0v) is 28.0. The summed E-state index contributed by atoms with van der Waals surface area (Å²) in [6, 6.07) is 13.8. The Kier molecular flexibility index (Phi) is 12.0. The van der Waals surface area contributed by atoms with Crippen molar-refractivity contribution in [2.45, 2.75) is 64.6 Å². The van der Waals surface area contributed by atoms with Crippen molar-refractivity contribution in [2.24, 2.45) is 11.8 Å². The third-order valence-corrected chi connectivity index (χ3v) is 9.01. The van der Waals surface area contributed by atoms with E-state index in [0.29, 0.717) is 6.42 Å². The zero-order chi connectivity index (χ0) is 36.2. The van der Waals surface area contributed by atoms with E-state index in [4.69, 9.17) is 9.47 Å². The van der Waals surface area contributed by atoms with E-state index in [0.717, 1.165) is 22.3 Å². The lowest BCUT2D eigenvalue weighted by Crippen LogP contribution is -2.57. The number of nitrogens with one attached hydrogen (secondary N) is 1. The Labute approximate surface area is 281 Å². The van der Waals surface area contributed by atoms with Crippen molar-refractivity contribution in [3.63, 3.8) is 0 Å². The molecule has 0 unspecified atom stereocenters. The largest absolute Gasteiger partial charge is 0.449 e. The van der Waals surface area contributed by atoms with Gasteiger partial charge >= 0.3 is 12.1 Å². The molecule has 49 heavy (non-hydrogen) atoms. The van der Waals surface area contributed by atoms with Crippen LogP contribution in [0.5, 0.6) is 5.75 Å². The monoisotopic (exact) mass is 690 g/mol. The smallest absolute Gasteiger partial charge is 0.407 e. The number of carbonyl (C=O) groups excluding carboxylic acids is 3. The van der Waals surface area contributed by atoms with E-state index in [1.165, 1.54) is 19.1 Å². The summed E-state index contributed by atoms with van der Waals surface area (Å²) >= 11 is 0. The number of esters is 1. The zero-order valence-electron chi connectivity index (χ0n) is 28.0. The van der Waals surface area contributed by atoms with E-state index >= 15 is 0 Å². The number of hydrogen-bond acceptors (Lipinski definition) is 6. The van der Waals surface area contributed by atoms with Crippen LogP contribution in [0.2, 0.25) is 0 Å². The van der Waals surface area contributed by atoms with Gasteiger partial charge in [0.25, 0.3) is 0 Å². The predicted octanol–water partition coefficient (Wildman–Crippen LogP) is 7.13. The Balaban J connectivity index is 1.47. The summed E-state index contributed by atoms with van der Waals surface area (Å²) in [5.74, 6) is -16.1. The van der Waals surface area contributed by atoms with E-state index in [2.05, 4.69) is 10.1 Å². The molecule has 0 aliphatic heterocycles. The van der Waals surface area contributed by atoms with Crippen LogP contribution in [0.3, 0.4) is 0 Å². The topological polar surface area (TPSA) is 94.2 Å². The van der Waals surface area contributed by atoms with Gasteiger partial charge in [0.15, 0.2) is 0 Å². The first-order valence-electron chi connectivity index (χ1n) is 15.9. The second kappa shape index (κ2) is 15.8. The average molecular weight is 691 g/mol. The van der Waals surface area contributed by atoms with Gasteiger partial charge in [0.2, 0.25) is 40.7 Å². The summed E-state index contributed by atoms with van der Waals surface area (Å²) in [6.07, 6.45) is -2.17. The van der Waals surface area contributed by atoms with Crippen molar-refractivity contribution in [1.82, 2.24) is 10.2 Å². The number of carbonyl (C=O) groups is 3. The van der Waals surface area contributed by atoms with Crippen LogP contribution in [0.25, 0.3) is 11.1 Å². The normalized spacial score (nSPS) is 14.8. The van der Waals surface area contributed by atoms with E-state index in [1.807, 2.05) is 55.5 Å². The molecule has 1 N–H and O–H groups in total. The Morgan fingerprint density at radius 3 is 1.84 bits per heavy atom. The number of nitrogens with zero attached hydrogens (tertiary/aromatic N) is 1. The number of halogens is 5. The first kappa shape index (κ1) is 37.3. The molecule has 0 saturated heterocycles. The third kappa shape index (κ3) is 7.71. The van der Waals surface area contributed by atoms with Gasteiger partial charge in [-0.15, -0.1) is 0 Å². The van der Waals surface area contributed by atoms with Gasteiger partial charge < -0.3 is 24.4 Å². The molecule has 3 aromatic carbocycles. The Morgan fingerprint density at radius 1 is 0.837 bits per heavy atom. The van der Waals surface area contributed by atoms with Gasteiger partial charge in [-0.3, -0.25) is 9.59 Å². The number of methoxy groups -OCH3 is 1. The number of amides is 2. The van der Waals surface area contributed by atoms with Crippen molar-refractivity contribution in [3.05, 3.63) is 88.7 Å². The molecule has 0 radical (unpaired) electrons. The number of alkyl carbamates (subject to hydrolysis) is 1. The summed E-state index contributed by atoms with van der Waals surface area (Å²) in [4.78, 5) is 41.1. The average Bonchev–Trinajstić information content (AvgIpc) is 3.42. The number of hydrogen-bond donors (Lipinski definition) is 1. The van der Waals surface area contributed by atoms with E-state index in [-0.39, 0.29) is 18.4 Å². The van der Waals surface area contributed by atoms with Gasteiger partial charge in [-0.1, -0.05) is 82.6 Å². The summed E-state index contributed by atoms with van der Waals surface area (Å²) < 4.78 is 84.9. The second-order valence-electron chi connectivity index (χ2n) is 12.4. The van der Waals surface area contributed by atoms with Crippen molar-refractivity contribution in [3.8, 4) is 16.9 Å². The molecule has 0 fully saturated rings. The third-order valence-electron chi connectivity index (χ3n) is 9.01. The summed E-state index contributed by atoms with van der Waals surface area (Å²) in [6.45, 7) is 7.09. The SMILES string of the molecule is CC[C@H](C)[C@@H]([C@@H](CC(=O)Oc1c(F)c(F)c(F)c(F)c1F)OC)N(C)C(=O)[C@@H](NC(=O)OCC1c2ccccc2-c2ccccc21)C(C)C. The van der Waals surface area contributed by atoms with Gasteiger partial charge in [-0.05, 0) is 34.1 Å². The molecule has 0 spiro atoms. The molecule has 1 aliphatic carbocycles. The number of rotatable bonds is 13. The molecular weight excluding hydrogens is 651 g/mol. The molecule has 2 amide bonds. The molecule has 264 valence electrons. The van der Waals surface area contributed by atoms with E-state index in [9.17, 15) is 36.3 Å². The lowest BCUT2D eigenvalue weighted by molar-refractivity contribution is -0.146. The molecule has 0 heterocycles. The number of ether oxygens (including phenoxy) is 3. The van der Waals surface area contributed by atoms with Crippen LogP contribution in [0.4, 0.5) is 26.7 Å². The van der Waals surface area contributed by atoms with Crippen molar-refractivity contribution in [2.75, 3.05) is 20.8 Å². The minimum absolute atomic E-state index is 0.0289. The highest BCUT2D eigenvalue weighted by molar-refractivity contribution is 5.86. The maximum atomic E-state index is 14.2. The highest BCUT2D eigenvalue weighted by Gasteiger charge is 2.39. The number of benzene rings is 3. The quantitative estimate of drug-likeness (QED) is 0.0675. The molecular formula is C36H39F5N2O6. The maximum Gasteiger partial charge on any atom is 0.407 e. The first-order chi connectivity index (χ1) is 23.2. The molecule has 13 heteroatoms. The van der Waals surface area contributed by atoms with Crippen molar-refractivity contribution < 1.29 is 50.5 Å². The fraction of sp³-hybridized carbons (Fsp3) is 0.417. The molecule has 0 saturated carbocycles. The molecule has 0 bridgehead atoms. The molecule has 1 aliphatic rings. The highest BCUT2D eigenvalue weighted by Crippen LogP contribution is 2.44. The summed E-state index contributed by atoms with van der Waals surface area (Å²) in [5.41, 5.74) is 4.16. The summed E-state index contributed by atoms with van der Waals surface area (Å²) in [5, 5.41) is 2.67. The minimum Gasteiger partial charge on any atom is -0.449 e. The van der Waals surface area contributed by atoms with Crippen LogP contribution >= 0.6 is 0 Å². The first-order valence-corrected chi connectivity index (χ1v) is 15.9. The predicted molar refractivity (Wildman–Crippen MR) is 170 cm³/mol. The molecule has 8 nitrogen and oxygen atoms in total. The Bertz CT molecular complexity index is 1630. The number of fused-ring (bicyclic) bond motifs is 3. The number of likely N-dealkylation sites (N-methyl/N-ethyl adjacent to an activating group) is 1. The molecule has 4 atom stereocenters. The second-order valence-corrected chi connectivity index (χ2v) is 12.4. The molecule has 4 rings (SSSR count). The van der Waals surface area contributed by atoms with Crippen LogP contribution in [-0.4, -0.2) is 61.8 Å². The maximum absolute atomic E-state index is 14.2. The fourth-order valence-corrected chi connectivity index (χ4v) is 6.22. The highest BCUT2D eigenvalue weighted by atomic mass is 19.2. The van der Waals surface area contributed by atoms with Crippen LogP contribution < -0.4 is 10.1 Å². The Hall–Kier alpha value is -4.52. The van der Waals surface area contributed by atoms with Crippen molar-refractivity contribution in [1.29, 1.82) is 0 Å². The molecule has 0 aromatic heterocycles. The van der Waals surface area contributed by atoms with Gasteiger partial charge in [-0.2, -0.15) is 8.78 Å². The van der Waals surface area contributed by atoms with Crippen LogP contribution in [-0.2, 0) is 19.1 Å². The van der Waals surface area contributed by atoms with Crippen molar-refractivity contribution >= 4 is 18.0 Å². The van der Waals surface area contributed by atoms with Gasteiger partial charge in [0.05, 0.1) is 18.6 Å². The van der Waals surface area contributed by atoms with Crippen LogP contribution in [0, 0.1) is 40.9 Å². The van der Waals surface area contributed by atoms with E-state index < -0.39 is 83.3 Å². The van der Waals surface area contributed by atoms with Gasteiger partial charge in [0.1, 0.15) is 12.6 Å². The van der Waals surface area contributed by atoms with Gasteiger partial charge in [0, 0.05) is 20.1 Å². The standard InChI is InChI=1S/C36H39F5N2O6/c1-7-19(4)33(25(47-6)16-26(44)49-34-30(40)28(38)27(37)29(39)31(34)41)43(5)35(45)32(18(2)3)42-36(46)48-17-24-22-14-10-8-12-20(22)21-13-9-11-15-23(21)24/h8-15,18-19,24-25,32-33H,7,16-17H2,1-6H3,(H,42,46)/t19-,25+,32-,33-/m0/s1. The van der Waals surface area contributed by atoms with E-state index in [1.54, 1.807) is 20.8 Å². The fourth-order valence-electron chi connectivity index (χ4n) is 6.22. The van der Waals surface area contributed by atoms with Crippen LogP contribution in [0.15, 0.2) is 48.5 Å². The lowest BCUT2D eigenvalue weighted by Gasteiger charge is -2.39. The Morgan fingerprint density at radius 2 is 1.35 bits per heavy atom. The summed E-state index contributed by atoms with van der Waals surface area (Å²) in [7, 11) is 2.69. The lowest BCUT2D eigenvalue weighted by atomic mass is 9.90.